The highest BCUT2D eigenvalue weighted by Gasteiger charge is 2.12. The number of aromatic hydroxyl groups is 1. The van der Waals surface area contributed by atoms with E-state index in [1.807, 2.05) is 25.1 Å². The molecule has 5 heteroatoms. The van der Waals surface area contributed by atoms with E-state index >= 15 is 0 Å². The zero-order valence-corrected chi connectivity index (χ0v) is 10.8. The molecule has 0 unspecified atom stereocenters. The van der Waals surface area contributed by atoms with Crippen molar-refractivity contribution < 1.29 is 5.11 Å². The third kappa shape index (κ3) is 3.00. The van der Waals surface area contributed by atoms with Crippen LogP contribution in [0, 0.1) is 6.92 Å². The summed E-state index contributed by atoms with van der Waals surface area (Å²) in [6.45, 7) is 2.45. The van der Waals surface area contributed by atoms with E-state index in [0.29, 0.717) is 30.8 Å². The summed E-state index contributed by atoms with van der Waals surface area (Å²) in [6.07, 6.45) is 1.26. The highest BCUT2D eigenvalue weighted by Crippen LogP contribution is 2.23. The molecule has 1 aromatic carbocycles. The molecule has 0 saturated carbocycles. The molecule has 2 rings (SSSR count). The van der Waals surface area contributed by atoms with Crippen molar-refractivity contribution in [3.63, 3.8) is 0 Å². The molecule has 0 aliphatic carbocycles. The summed E-state index contributed by atoms with van der Waals surface area (Å²) in [5.74, 6) is 0.228. The topological polar surface area (TPSA) is 92.0 Å². The first-order chi connectivity index (χ1) is 9.11. The number of aryl methyl sites for hydroxylation is 2. The minimum Gasteiger partial charge on any atom is -0.493 e. The minimum absolute atomic E-state index is 0.209. The van der Waals surface area contributed by atoms with Crippen LogP contribution >= 0.6 is 0 Å². The summed E-state index contributed by atoms with van der Waals surface area (Å²) in [5, 5.41) is 9.95. The molecule has 0 atom stereocenters. The fourth-order valence-electron chi connectivity index (χ4n) is 1.96. The number of H-pyrrole nitrogens is 1. The van der Waals surface area contributed by atoms with Gasteiger partial charge in [0, 0.05) is 6.42 Å². The SMILES string of the molecule is Cc1cccc(-c2c(O)nc(CCCN)[nH]c2=O)c1. The highest BCUT2D eigenvalue weighted by molar-refractivity contribution is 5.67. The van der Waals surface area contributed by atoms with E-state index in [2.05, 4.69) is 9.97 Å². The van der Waals surface area contributed by atoms with E-state index in [1.165, 1.54) is 0 Å². The maximum atomic E-state index is 12.0. The van der Waals surface area contributed by atoms with Crippen molar-refractivity contribution in [3.8, 4) is 17.0 Å². The number of hydrogen-bond donors (Lipinski definition) is 3. The number of nitrogens with one attached hydrogen (secondary N) is 1. The van der Waals surface area contributed by atoms with Gasteiger partial charge in [0.05, 0.1) is 0 Å². The van der Waals surface area contributed by atoms with E-state index in [9.17, 15) is 9.90 Å². The Morgan fingerprint density at radius 2 is 2.21 bits per heavy atom. The zero-order valence-electron chi connectivity index (χ0n) is 10.8. The van der Waals surface area contributed by atoms with Crippen molar-refractivity contribution in [3.05, 3.63) is 46.0 Å². The Balaban J connectivity index is 2.45. The van der Waals surface area contributed by atoms with Crippen molar-refractivity contribution in [2.24, 2.45) is 5.73 Å². The molecule has 0 radical (unpaired) electrons. The van der Waals surface area contributed by atoms with E-state index in [0.717, 1.165) is 5.56 Å². The second-order valence-corrected chi connectivity index (χ2v) is 4.47. The van der Waals surface area contributed by atoms with Crippen molar-refractivity contribution >= 4 is 0 Å². The van der Waals surface area contributed by atoms with Crippen LogP contribution in [-0.2, 0) is 6.42 Å². The Labute approximate surface area is 111 Å². The molecule has 1 heterocycles. The predicted octanol–water partition coefficient (Wildman–Crippen LogP) is 1.34. The highest BCUT2D eigenvalue weighted by atomic mass is 16.3. The molecule has 4 N–H and O–H groups in total. The minimum atomic E-state index is -0.329. The number of aromatic nitrogens is 2. The van der Waals surface area contributed by atoms with Crippen LogP contribution in [0.2, 0.25) is 0 Å². The maximum absolute atomic E-state index is 12.0. The molecule has 0 aliphatic rings. The van der Waals surface area contributed by atoms with Gasteiger partial charge in [-0.1, -0.05) is 29.8 Å². The molecule has 0 saturated heterocycles. The molecule has 5 nitrogen and oxygen atoms in total. The molecule has 0 amide bonds. The van der Waals surface area contributed by atoms with Crippen LogP contribution in [0.4, 0.5) is 0 Å². The van der Waals surface area contributed by atoms with Crippen molar-refractivity contribution in [2.75, 3.05) is 6.54 Å². The number of nitrogens with zero attached hydrogens (tertiary/aromatic N) is 1. The summed E-state index contributed by atoms with van der Waals surface area (Å²) in [5.41, 5.74) is 6.97. The van der Waals surface area contributed by atoms with Gasteiger partial charge in [-0.15, -0.1) is 0 Å². The van der Waals surface area contributed by atoms with Gasteiger partial charge in [-0.25, -0.2) is 0 Å². The van der Waals surface area contributed by atoms with Gasteiger partial charge in [0.15, 0.2) is 0 Å². The number of rotatable bonds is 4. The van der Waals surface area contributed by atoms with Gasteiger partial charge < -0.3 is 15.8 Å². The van der Waals surface area contributed by atoms with E-state index in [-0.39, 0.29) is 17.0 Å². The molecular weight excluding hydrogens is 242 g/mol. The lowest BCUT2D eigenvalue weighted by molar-refractivity contribution is 0.449. The third-order valence-electron chi connectivity index (χ3n) is 2.87. The molecule has 2 aromatic rings. The van der Waals surface area contributed by atoms with Crippen LogP contribution in [0.1, 0.15) is 17.8 Å². The summed E-state index contributed by atoms with van der Waals surface area (Å²) in [7, 11) is 0. The lowest BCUT2D eigenvalue weighted by atomic mass is 10.1. The summed E-state index contributed by atoms with van der Waals surface area (Å²) < 4.78 is 0. The molecule has 1 aromatic heterocycles. The molecule has 0 bridgehead atoms. The summed E-state index contributed by atoms with van der Waals surface area (Å²) in [6, 6.07) is 7.38. The Morgan fingerprint density at radius 1 is 1.42 bits per heavy atom. The second-order valence-electron chi connectivity index (χ2n) is 4.47. The van der Waals surface area contributed by atoms with Gasteiger partial charge in [0.2, 0.25) is 5.88 Å². The Hall–Kier alpha value is -2.14. The normalized spacial score (nSPS) is 10.6. The van der Waals surface area contributed by atoms with Crippen LogP contribution in [0.15, 0.2) is 29.1 Å². The standard InChI is InChI=1S/C14H17N3O2/c1-9-4-2-5-10(8-9)12-13(18)16-11(6-3-7-15)17-14(12)19/h2,4-5,8H,3,6-7,15H2,1H3,(H2,16,17,18,19). The molecule has 0 aliphatic heterocycles. The number of aromatic amines is 1. The average molecular weight is 259 g/mol. The van der Waals surface area contributed by atoms with Gasteiger partial charge in [0.1, 0.15) is 11.4 Å². The largest absolute Gasteiger partial charge is 0.493 e. The van der Waals surface area contributed by atoms with Crippen LogP contribution in [0.3, 0.4) is 0 Å². The first-order valence-corrected chi connectivity index (χ1v) is 6.21. The first-order valence-electron chi connectivity index (χ1n) is 6.21. The zero-order chi connectivity index (χ0) is 13.8. The van der Waals surface area contributed by atoms with Gasteiger partial charge in [0.25, 0.3) is 5.56 Å². The second kappa shape index (κ2) is 5.67. The van der Waals surface area contributed by atoms with E-state index < -0.39 is 0 Å². The van der Waals surface area contributed by atoms with Crippen LogP contribution in [0.25, 0.3) is 11.1 Å². The monoisotopic (exact) mass is 259 g/mol. The number of hydrogen-bond acceptors (Lipinski definition) is 4. The molecule has 100 valence electrons. The molecule has 19 heavy (non-hydrogen) atoms. The molecule has 0 fully saturated rings. The van der Waals surface area contributed by atoms with Gasteiger partial charge in [-0.05, 0) is 25.5 Å². The van der Waals surface area contributed by atoms with Crippen LogP contribution < -0.4 is 11.3 Å². The summed E-state index contributed by atoms with van der Waals surface area (Å²) in [4.78, 5) is 18.8. The van der Waals surface area contributed by atoms with Gasteiger partial charge in [-0.2, -0.15) is 4.98 Å². The van der Waals surface area contributed by atoms with Crippen molar-refractivity contribution in [2.45, 2.75) is 19.8 Å². The fraction of sp³-hybridized carbons (Fsp3) is 0.286. The lowest BCUT2D eigenvalue weighted by Gasteiger charge is -2.06. The van der Waals surface area contributed by atoms with Gasteiger partial charge in [-0.3, -0.25) is 4.79 Å². The third-order valence-corrected chi connectivity index (χ3v) is 2.87. The molecule has 0 spiro atoms. The Morgan fingerprint density at radius 3 is 2.84 bits per heavy atom. The average Bonchev–Trinajstić information content (AvgIpc) is 2.35. The molecular formula is C14H17N3O2. The number of nitrogens with two attached hydrogens (primary N) is 1. The fourth-order valence-corrected chi connectivity index (χ4v) is 1.96. The van der Waals surface area contributed by atoms with E-state index in [1.54, 1.807) is 6.07 Å². The Bertz CT molecular complexity index is 635. The smallest absolute Gasteiger partial charge is 0.262 e. The lowest BCUT2D eigenvalue weighted by Crippen LogP contribution is -2.15. The number of benzene rings is 1. The maximum Gasteiger partial charge on any atom is 0.262 e. The first kappa shape index (κ1) is 13.3. The van der Waals surface area contributed by atoms with Crippen molar-refractivity contribution in [1.82, 2.24) is 9.97 Å². The van der Waals surface area contributed by atoms with E-state index in [4.69, 9.17) is 5.73 Å². The Kier molecular flexibility index (Phi) is 3.97. The summed E-state index contributed by atoms with van der Waals surface area (Å²) >= 11 is 0. The quantitative estimate of drug-likeness (QED) is 0.772. The van der Waals surface area contributed by atoms with Crippen molar-refractivity contribution in [1.29, 1.82) is 0 Å². The predicted molar refractivity (Wildman–Crippen MR) is 74.1 cm³/mol. The van der Waals surface area contributed by atoms with Gasteiger partial charge >= 0.3 is 0 Å². The van der Waals surface area contributed by atoms with Crippen LogP contribution in [-0.4, -0.2) is 21.6 Å². The van der Waals surface area contributed by atoms with Crippen LogP contribution in [0.5, 0.6) is 5.88 Å².